The molecule has 2 aliphatic heterocycles. The summed E-state index contributed by atoms with van der Waals surface area (Å²) in [4.78, 5) is 27.8. The van der Waals surface area contributed by atoms with Crippen molar-refractivity contribution in [1.29, 1.82) is 0 Å². The SMILES string of the molecule is C[C@@H](C(=O)NC[C@@H]1CCCO1)N(Cc1ccc(Cl)cc1)C(=O)COc1ccc(S(=O)(=O)N2CCOCC2)cc1. The van der Waals surface area contributed by atoms with E-state index < -0.39 is 22.0 Å². The van der Waals surface area contributed by atoms with E-state index in [0.717, 1.165) is 18.4 Å². The maximum Gasteiger partial charge on any atom is 0.261 e. The van der Waals surface area contributed by atoms with E-state index in [4.69, 9.17) is 25.8 Å². The Kier molecular flexibility index (Phi) is 10.2. The van der Waals surface area contributed by atoms with Crippen LogP contribution in [-0.2, 0) is 35.6 Å². The Labute approximate surface area is 234 Å². The summed E-state index contributed by atoms with van der Waals surface area (Å²) in [6.45, 7) is 3.94. The fourth-order valence-corrected chi connectivity index (χ4v) is 5.94. The predicted octanol–water partition coefficient (Wildman–Crippen LogP) is 2.45. The van der Waals surface area contributed by atoms with Gasteiger partial charge in [-0.05, 0) is 61.7 Å². The van der Waals surface area contributed by atoms with E-state index in [1.807, 2.05) is 0 Å². The number of amides is 2. The molecule has 2 amide bonds. The molecule has 0 radical (unpaired) electrons. The molecular weight excluding hydrogens is 546 g/mol. The van der Waals surface area contributed by atoms with Crippen molar-refractivity contribution < 1.29 is 32.2 Å². The van der Waals surface area contributed by atoms with E-state index in [9.17, 15) is 18.0 Å². The Morgan fingerprint density at radius 2 is 1.79 bits per heavy atom. The highest BCUT2D eigenvalue weighted by Gasteiger charge is 2.28. The first kappa shape index (κ1) is 29.3. The number of hydrogen-bond donors (Lipinski definition) is 1. The number of sulfonamides is 1. The van der Waals surface area contributed by atoms with Crippen LogP contribution in [0, 0.1) is 0 Å². The van der Waals surface area contributed by atoms with Gasteiger partial charge >= 0.3 is 0 Å². The summed E-state index contributed by atoms with van der Waals surface area (Å²) in [5.74, 6) is -0.341. The van der Waals surface area contributed by atoms with Crippen molar-refractivity contribution in [3.05, 3.63) is 59.1 Å². The van der Waals surface area contributed by atoms with Crippen LogP contribution in [0.3, 0.4) is 0 Å². The highest BCUT2D eigenvalue weighted by molar-refractivity contribution is 7.89. The minimum Gasteiger partial charge on any atom is -0.484 e. The maximum atomic E-state index is 13.3. The van der Waals surface area contributed by atoms with Gasteiger partial charge < -0.3 is 24.4 Å². The molecule has 0 bridgehead atoms. The van der Waals surface area contributed by atoms with Gasteiger partial charge in [0, 0.05) is 37.8 Å². The van der Waals surface area contributed by atoms with Crippen molar-refractivity contribution in [2.75, 3.05) is 46.1 Å². The molecule has 39 heavy (non-hydrogen) atoms. The summed E-state index contributed by atoms with van der Waals surface area (Å²) >= 11 is 6.01. The van der Waals surface area contributed by atoms with Gasteiger partial charge in [-0.15, -0.1) is 0 Å². The van der Waals surface area contributed by atoms with Crippen LogP contribution < -0.4 is 10.1 Å². The minimum absolute atomic E-state index is 0.0140. The number of carbonyl (C=O) groups excluding carboxylic acids is 2. The second-order valence-corrected chi connectivity index (χ2v) is 11.9. The Hall–Kier alpha value is -2.70. The number of benzene rings is 2. The van der Waals surface area contributed by atoms with Crippen molar-refractivity contribution in [2.24, 2.45) is 0 Å². The van der Waals surface area contributed by atoms with Gasteiger partial charge in [0.25, 0.3) is 5.91 Å². The molecule has 4 rings (SSSR count). The number of rotatable bonds is 11. The van der Waals surface area contributed by atoms with Gasteiger partial charge in [-0.3, -0.25) is 9.59 Å². The van der Waals surface area contributed by atoms with Crippen LogP contribution in [0.15, 0.2) is 53.4 Å². The smallest absolute Gasteiger partial charge is 0.261 e. The van der Waals surface area contributed by atoms with Crippen LogP contribution in [0.1, 0.15) is 25.3 Å². The van der Waals surface area contributed by atoms with Crippen molar-refractivity contribution >= 4 is 33.4 Å². The summed E-state index contributed by atoms with van der Waals surface area (Å²) in [7, 11) is -3.63. The molecule has 212 valence electrons. The van der Waals surface area contributed by atoms with Gasteiger partial charge in [-0.1, -0.05) is 23.7 Å². The van der Waals surface area contributed by atoms with Crippen molar-refractivity contribution in [1.82, 2.24) is 14.5 Å². The Morgan fingerprint density at radius 1 is 1.10 bits per heavy atom. The molecule has 2 heterocycles. The van der Waals surface area contributed by atoms with Crippen LogP contribution >= 0.6 is 11.6 Å². The summed E-state index contributed by atoms with van der Waals surface area (Å²) in [6, 6.07) is 12.2. The summed E-state index contributed by atoms with van der Waals surface area (Å²) in [5, 5.41) is 3.46. The lowest BCUT2D eigenvalue weighted by Gasteiger charge is -2.29. The average Bonchev–Trinajstić information content (AvgIpc) is 3.48. The number of morpholine rings is 1. The van der Waals surface area contributed by atoms with E-state index in [1.165, 1.54) is 33.5 Å². The minimum atomic E-state index is -3.63. The summed E-state index contributed by atoms with van der Waals surface area (Å²) < 4.78 is 43.6. The molecule has 2 aromatic carbocycles. The maximum absolute atomic E-state index is 13.3. The van der Waals surface area contributed by atoms with Gasteiger partial charge in [0.05, 0.1) is 24.2 Å². The van der Waals surface area contributed by atoms with E-state index in [1.54, 1.807) is 31.2 Å². The molecule has 0 saturated carbocycles. The number of hydrogen-bond acceptors (Lipinski definition) is 7. The first-order valence-corrected chi connectivity index (χ1v) is 14.8. The zero-order chi connectivity index (χ0) is 27.8. The number of nitrogens with zero attached hydrogens (tertiary/aromatic N) is 2. The summed E-state index contributed by atoms with van der Waals surface area (Å²) in [6.07, 6.45) is 1.84. The molecule has 0 aromatic heterocycles. The Morgan fingerprint density at radius 3 is 2.44 bits per heavy atom. The zero-order valence-electron chi connectivity index (χ0n) is 21.9. The lowest BCUT2D eigenvalue weighted by atomic mass is 10.1. The second kappa shape index (κ2) is 13.6. The van der Waals surface area contributed by atoms with Gasteiger partial charge in [-0.25, -0.2) is 8.42 Å². The van der Waals surface area contributed by atoms with Gasteiger partial charge in [-0.2, -0.15) is 4.31 Å². The molecule has 10 nitrogen and oxygen atoms in total. The quantitative estimate of drug-likeness (QED) is 0.435. The van der Waals surface area contributed by atoms with Crippen LogP contribution in [0.4, 0.5) is 0 Å². The van der Waals surface area contributed by atoms with E-state index in [2.05, 4.69) is 5.32 Å². The molecular formula is C27H34ClN3O7S. The highest BCUT2D eigenvalue weighted by atomic mass is 35.5. The molecule has 12 heteroatoms. The summed E-state index contributed by atoms with van der Waals surface area (Å²) in [5.41, 5.74) is 0.809. The molecule has 2 aliphatic rings. The molecule has 2 atom stereocenters. The molecule has 2 saturated heterocycles. The van der Waals surface area contributed by atoms with Crippen LogP contribution in [-0.4, -0.2) is 87.6 Å². The number of nitrogens with one attached hydrogen (secondary N) is 1. The first-order chi connectivity index (χ1) is 18.7. The number of ether oxygens (including phenoxy) is 3. The Balaban J connectivity index is 1.40. The Bertz CT molecular complexity index is 1210. The number of halogens is 1. The van der Waals surface area contributed by atoms with Crippen LogP contribution in [0.2, 0.25) is 5.02 Å². The predicted molar refractivity (Wildman–Crippen MR) is 145 cm³/mol. The third kappa shape index (κ3) is 7.92. The first-order valence-electron chi connectivity index (χ1n) is 13.0. The standard InChI is InChI=1S/C27H34ClN3O7S/c1-20(27(33)29-17-24-3-2-14-37-24)31(18-21-4-6-22(28)7-5-21)26(32)19-38-23-8-10-25(11-9-23)39(34,35)30-12-15-36-16-13-30/h4-11,20,24H,2-3,12-19H2,1H3,(H,29,33)/t20-,24-/m0/s1. The third-order valence-electron chi connectivity index (χ3n) is 6.76. The topological polar surface area (TPSA) is 114 Å². The number of carbonyl (C=O) groups is 2. The lowest BCUT2D eigenvalue weighted by Crippen LogP contribution is -2.50. The van der Waals surface area contributed by atoms with E-state index in [0.29, 0.717) is 50.2 Å². The van der Waals surface area contributed by atoms with E-state index in [-0.39, 0.29) is 30.1 Å². The molecule has 0 unspecified atom stereocenters. The lowest BCUT2D eigenvalue weighted by molar-refractivity contribution is -0.142. The molecule has 0 spiro atoms. The van der Waals surface area contributed by atoms with Crippen molar-refractivity contribution in [2.45, 2.75) is 43.4 Å². The molecule has 1 N–H and O–H groups in total. The normalized spacial score (nSPS) is 18.9. The molecule has 2 fully saturated rings. The molecule has 0 aliphatic carbocycles. The second-order valence-electron chi connectivity index (χ2n) is 9.48. The van der Waals surface area contributed by atoms with Crippen molar-refractivity contribution in [3.63, 3.8) is 0 Å². The van der Waals surface area contributed by atoms with E-state index >= 15 is 0 Å². The zero-order valence-corrected chi connectivity index (χ0v) is 23.5. The molecule has 2 aromatic rings. The average molecular weight is 580 g/mol. The van der Waals surface area contributed by atoms with Crippen LogP contribution in [0.25, 0.3) is 0 Å². The van der Waals surface area contributed by atoms with Gasteiger partial charge in [0.2, 0.25) is 15.9 Å². The highest BCUT2D eigenvalue weighted by Crippen LogP contribution is 2.21. The fraction of sp³-hybridized carbons (Fsp3) is 0.481. The monoisotopic (exact) mass is 579 g/mol. The third-order valence-corrected chi connectivity index (χ3v) is 8.92. The largest absolute Gasteiger partial charge is 0.484 e. The van der Waals surface area contributed by atoms with Gasteiger partial charge in [0.1, 0.15) is 11.8 Å². The van der Waals surface area contributed by atoms with Crippen molar-refractivity contribution in [3.8, 4) is 5.75 Å². The van der Waals surface area contributed by atoms with Gasteiger partial charge in [0.15, 0.2) is 6.61 Å². The fourth-order valence-electron chi connectivity index (χ4n) is 4.41. The van der Waals surface area contributed by atoms with Crippen LogP contribution in [0.5, 0.6) is 5.75 Å².